The number of hydrogen-bond donors (Lipinski definition) is 0. The van der Waals surface area contributed by atoms with Crippen LogP contribution in [-0.4, -0.2) is 96.9 Å². The van der Waals surface area contributed by atoms with E-state index in [1.807, 2.05) is 0 Å². The lowest BCUT2D eigenvalue weighted by molar-refractivity contribution is 0.0655. The van der Waals surface area contributed by atoms with Gasteiger partial charge >= 0.3 is 0 Å². The Morgan fingerprint density at radius 3 is 1.50 bits per heavy atom. The zero-order valence-corrected chi connectivity index (χ0v) is 18.8. The highest BCUT2D eigenvalue weighted by molar-refractivity contribution is 5.17. The fourth-order valence-electron chi connectivity index (χ4n) is 5.78. The molecule has 2 unspecified atom stereocenters. The number of benzene rings is 2. The minimum Gasteiger partial charge on any atom is -0.360 e. The van der Waals surface area contributed by atoms with Gasteiger partial charge < -0.3 is 9.47 Å². The summed E-state index contributed by atoms with van der Waals surface area (Å²) < 4.78 is 12.3. The van der Waals surface area contributed by atoms with E-state index in [9.17, 15) is 0 Å². The average molecular weight is 435 g/mol. The minimum atomic E-state index is 0.268. The lowest BCUT2D eigenvalue weighted by Crippen LogP contribution is -2.39. The van der Waals surface area contributed by atoms with Gasteiger partial charge in [0.2, 0.25) is 0 Å². The minimum absolute atomic E-state index is 0.268. The zero-order valence-electron chi connectivity index (χ0n) is 18.8. The molecular formula is C26H34N4O2. The van der Waals surface area contributed by atoms with Gasteiger partial charge in [-0.15, -0.1) is 0 Å². The molecule has 4 heterocycles. The molecule has 0 radical (unpaired) electrons. The molecule has 0 bridgehead atoms. The number of ether oxygens (including phenoxy) is 2. The van der Waals surface area contributed by atoms with Gasteiger partial charge in [0.05, 0.1) is 26.6 Å². The lowest BCUT2D eigenvalue weighted by atomic mass is 10.1. The van der Waals surface area contributed by atoms with Gasteiger partial charge in [0, 0.05) is 38.3 Å². The SMILES string of the molecule is c1ccc(C[C@H]2COC3CN(CCN4CC5OC[C@H](Cc6ccccc6)N5C4)CN32)cc1. The maximum atomic E-state index is 6.14. The van der Waals surface area contributed by atoms with Crippen LogP contribution < -0.4 is 0 Å². The van der Waals surface area contributed by atoms with E-state index >= 15 is 0 Å². The largest absolute Gasteiger partial charge is 0.360 e. The molecule has 2 aromatic carbocycles. The Balaban J connectivity index is 0.980. The Hall–Kier alpha value is -1.80. The van der Waals surface area contributed by atoms with Gasteiger partial charge in [-0.3, -0.25) is 19.6 Å². The Bertz CT molecular complexity index is 808. The standard InChI is InChI=1S/C26H34N4O2/c1-3-7-21(8-4-1)13-23-17-31-25-15-27(19-29(23)25)11-12-28-16-26-30(20-28)24(18-32-26)14-22-9-5-2-6-10-22/h1-10,23-26H,11-20H2/t23-,24-,25?,26?/m0/s1. The molecule has 6 heteroatoms. The van der Waals surface area contributed by atoms with Crippen LogP contribution in [0.3, 0.4) is 0 Å². The summed E-state index contributed by atoms with van der Waals surface area (Å²) in [7, 11) is 0. The zero-order chi connectivity index (χ0) is 21.3. The summed E-state index contributed by atoms with van der Waals surface area (Å²) >= 11 is 0. The second-order valence-corrected chi connectivity index (χ2v) is 9.73. The molecule has 0 spiro atoms. The van der Waals surface area contributed by atoms with Gasteiger partial charge in [0.25, 0.3) is 0 Å². The lowest BCUT2D eigenvalue weighted by Gasteiger charge is -2.25. The van der Waals surface area contributed by atoms with Crippen LogP contribution in [0.4, 0.5) is 0 Å². The van der Waals surface area contributed by atoms with Crippen LogP contribution >= 0.6 is 0 Å². The van der Waals surface area contributed by atoms with Crippen molar-refractivity contribution in [3.63, 3.8) is 0 Å². The first-order chi connectivity index (χ1) is 15.8. The van der Waals surface area contributed by atoms with Gasteiger partial charge in [-0.2, -0.15) is 0 Å². The fourth-order valence-corrected chi connectivity index (χ4v) is 5.78. The van der Waals surface area contributed by atoms with Crippen molar-refractivity contribution >= 4 is 0 Å². The predicted octanol–water partition coefficient (Wildman–Crippen LogP) is 2.07. The third-order valence-corrected chi connectivity index (χ3v) is 7.56. The van der Waals surface area contributed by atoms with Crippen LogP contribution in [0.1, 0.15) is 11.1 Å². The summed E-state index contributed by atoms with van der Waals surface area (Å²) in [6, 6.07) is 22.6. The molecule has 0 N–H and O–H groups in total. The number of hydrogen-bond acceptors (Lipinski definition) is 6. The Morgan fingerprint density at radius 2 is 1.06 bits per heavy atom. The summed E-state index contributed by atoms with van der Waals surface area (Å²) in [6.45, 7) is 8.01. The summed E-state index contributed by atoms with van der Waals surface area (Å²) in [5.41, 5.74) is 2.81. The molecule has 0 amide bonds. The first-order valence-corrected chi connectivity index (χ1v) is 12.1. The van der Waals surface area contributed by atoms with E-state index in [-0.39, 0.29) is 12.5 Å². The number of nitrogens with zero attached hydrogens (tertiary/aromatic N) is 4. The van der Waals surface area contributed by atoms with Crippen LogP contribution in [0, 0.1) is 0 Å². The topological polar surface area (TPSA) is 31.4 Å². The molecule has 0 aromatic heterocycles. The molecule has 2 aromatic rings. The molecule has 6 rings (SSSR count). The van der Waals surface area contributed by atoms with E-state index in [0.717, 1.165) is 65.6 Å². The normalized spacial score (nSPS) is 31.4. The Labute approximate surface area is 191 Å². The van der Waals surface area contributed by atoms with E-state index in [1.54, 1.807) is 0 Å². The van der Waals surface area contributed by atoms with Crippen molar-refractivity contribution in [2.45, 2.75) is 37.4 Å². The summed E-state index contributed by atoms with van der Waals surface area (Å²) in [5.74, 6) is 0. The highest BCUT2D eigenvalue weighted by atomic mass is 16.5. The molecule has 6 nitrogen and oxygen atoms in total. The molecule has 4 saturated heterocycles. The monoisotopic (exact) mass is 434 g/mol. The quantitative estimate of drug-likeness (QED) is 0.663. The molecule has 4 aliphatic heterocycles. The van der Waals surface area contributed by atoms with E-state index in [4.69, 9.17) is 9.47 Å². The highest BCUT2D eigenvalue weighted by Gasteiger charge is 2.43. The second kappa shape index (κ2) is 9.21. The molecule has 0 saturated carbocycles. The van der Waals surface area contributed by atoms with E-state index in [0.29, 0.717) is 12.1 Å². The van der Waals surface area contributed by atoms with Crippen molar-refractivity contribution in [2.75, 3.05) is 52.7 Å². The molecule has 4 fully saturated rings. The van der Waals surface area contributed by atoms with E-state index < -0.39 is 0 Å². The van der Waals surface area contributed by atoms with Crippen molar-refractivity contribution in [1.82, 2.24) is 19.6 Å². The highest BCUT2D eigenvalue weighted by Crippen LogP contribution is 2.28. The molecule has 0 aliphatic carbocycles. The van der Waals surface area contributed by atoms with Gasteiger partial charge in [0.15, 0.2) is 0 Å². The molecule has 4 atom stereocenters. The van der Waals surface area contributed by atoms with Crippen molar-refractivity contribution in [3.8, 4) is 0 Å². The van der Waals surface area contributed by atoms with Gasteiger partial charge in [0.1, 0.15) is 12.5 Å². The van der Waals surface area contributed by atoms with Gasteiger partial charge in [-0.05, 0) is 24.0 Å². The molecule has 4 aliphatic rings. The van der Waals surface area contributed by atoms with Crippen molar-refractivity contribution in [1.29, 1.82) is 0 Å². The number of fused-ring (bicyclic) bond motifs is 2. The van der Waals surface area contributed by atoms with Crippen LogP contribution in [0.2, 0.25) is 0 Å². The van der Waals surface area contributed by atoms with Crippen LogP contribution in [0.25, 0.3) is 0 Å². The summed E-state index contributed by atoms with van der Waals surface area (Å²) in [6.07, 6.45) is 2.69. The molecule has 170 valence electrons. The fraction of sp³-hybridized carbons (Fsp3) is 0.538. The molecular weight excluding hydrogens is 400 g/mol. The first kappa shape index (κ1) is 20.8. The predicted molar refractivity (Wildman–Crippen MR) is 124 cm³/mol. The Kier molecular flexibility index (Phi) is 5.98. The van der Waals surface area contributed by atoms with Crippen molar-refractivity contribution in [3.05, 3.63) is 71.8 Å². The maximum Gasteiger partial charge on any atom is 0.124 e. The first-order valence-electron chi connectivity index (χ1n) is 12.1. The smallest absolute Gasteiger partial charge is 0.124 e. The maximum absolute atomic E-state index is 6.14. The average Bonchev–Trinajstić information content (AvgIpc) is 3.57. The van der Waals surface area contributed by atoms with Crippen molar-refractivity contribution in [2.24, 2.45) is 0 Å². The Morgan fingerprint density at radius 1 is 0.625 bits per heavy atom. The molecule has 32 heavy (non-hydrogen) atoms. The third-order valence-electron chi connectivity index (χ3n) is 7.56. The van der Waals surface area contributed by atoms with Crippen molar-refractivity contribution < 1.29 is 9.47 Å². The second-order valence-electron chi connectivity index (χ2n) is 9.73. The van der Waals surface area contributed by atoms with E-state index in [1.165, 1.54) is 11.1 Å². The third kappa shape index (κ3) is 4.36. The van der Waals surface area contributed by atoms with Gasteiger partial charge in [-0.25, -0.2) is 0 Å². The summed E-state index contributed by atoms with van der Waals surface area (Å²) in [5, 5.41) is 0. The van der Waals surface area contributed by atoms with Crippen LogP contribution in [-0.2, 0) is 22.3 Å². The number of rotatable bonds is 7. The van der Waals surface area contributed by atoms with Gasteiger partial charge in [-0.1, -0.05) is 60.7 Å². The summed E-state index contributed by atoms with van der Waals surface area (Å²) in [4.78, 5) is 10.3. The van der Waals surface area contributed by atoms with E-state index in [2.05, 4.69) is 80.3 Å². The van der Waals surface area contributed by atoms with Crippen LogP contribution in [0.15, 0.2) is 60.7 Å². The van der Waals surface area contributed by atoms with Crippen LogP contribution in [0.5, 0.6) is 0 Å².